The molecule has 91 valence electrons. The van der Waals surface area contributed by atoms with Crippen molar-refractivity contribution < 1.29 is 9.72 Å². The number of nitrogens with zero attached hydrogens (tertiary/aromatic N) is 2. The average Bonchev–Trinajstić information content (AvgIpc) is 2.46. The van der Waals surface area contributed by atoms with Gasteiger partial charge in [0, 0.05) is 11.6 Å². The maximum absolute atomic E-state index is 12.3. The van der Waals surface area contributed by atoms with Crippen LogP contribution in [0.3, 0.4) is 0 Å². The van der Waals surface area contributed by atoms with Gasteiger partial charge in [-0.15, -0.1) is 0 Å². The van der Waals surface area contributed by atoms with Gasteiger partial charge >= 0.3 is 0 Å². The van der Waals surface area contributed by atoms with E-state index >= 15 is 0 Å². The average molecular weight is 251 g/mol. The van der Waals surface area contributed by atoms with E-state index in [0.29, 0.717) is 0 Å². The molecule has 1 radical (unpaired) electrons. The van der Waals surface area contributed by atoms with E-state index in [9.17, 15) is 14.9 Å². The van der Waals surface area contributed by atoms with Gasteiger partial charge in [-0.05, 0) is 30.3 Å². The Kier molecular flexibility index (Phi) is 3.35. The second-order valence-corrected chi connectivity index (χ2v) is 3.69. The molecule has 0 aromatic heterocycles. The highest BCUT2D eigenvalue weighted by Gasteiger charge is 2.22. The monoisotopic (exact) mass is 251 g/mol. The molecule has 0 aliphatic rings. The number of benzene rings is 2. The van der Waals surface area contributed by atoms with Crippen LogP contribution in [0.25, 0.3) is 0 Å². The molecule has 0 fully saturated rings. The van der Waals surface area contributed by atoms with E-state index in [1.807, 2.05) is 6.07 Å². The normalized spacial score (nSPS) is 9.63. The lowest BCUT2D eigenvalue weighted by Gasteiger charge is -2.03. The number of carbonyl (C=O) groups is 1. The van der Waals surface area contributed by atoms with Crippen LogP contribution in [0.2, 0.25) is 0 Å². The van der Waals surface area contributed by atoms with E-state index in [1.54, 1.807) is 12.1 Å². The van der Waals surface area contributed by atoms with E-state index < -0.39 is 10.7 Å². The second kappa shape index (κ2) is 5.10. The summed E-state index contributed by atoms with van der Waals surface area (Å²) >= 11 is 0. The zero-order valence-corrected chi connectivity index (χ0v) is 9.66. The molecule has 0 bridgehead atoms. The molecule has 2 rings (SSSR count). The van der Waals surface area contributed by atoms with Crippen molar-refractivity contribution in [2.45, 2.75) is 0 Å². The summed E-state index contributed by atoms with van der Waals surface area (Å²) in [5, 5.41) is 19.8. The highest BCUT2D eigenvalue weighted by Crippen LogP contribution is 2.22. The van der Waals surface area contributed by atoms with Gasteiger partial charge in [0.05, 0.1) is 16.6 Å². The minimum absolute atomic E-state index is 0.0739. The lowest BCUT2D eigenvalue weighted by molar-refractivity contribution is -0.385. The van der Waals surface area contributed by atoms with Crippen LogP contribution in [0, 0.1) is 27.5 Å². The van der Waals surface area contributed by atoms with Crippen LogP contribution in [0.15, 0.2) is 42.5 Å². The molecule has 0 heterocycles. The third-order valence-corrected chi connectivity index (χ3v) is 2.57. The Hall–Kier alpha value is -3.00. The summed E-state index contributed by atoms with van der Waals surface area (Å²) in [4.78, 5) is 22.5. The van der Waals surface area contributed by atoms with Crippen molar-refractivity contribution in [1.29, 1.82) is 5.26 Å². The number of nitro benzene ring substituents is 1. The Morgan fingerprint density at radius 1 is 1.26 bits per heavy atom. The molecule has 0 aliphatic carbocycles. The number of nitriles is 1. The van der Waals surface area contributed by atoms with Crippen molar-refractivity contribution in [3.8, 4) is 6.07 Å². The van der Waals surface area contributed by atoms with Crippen molar-refractivity contribution in [3.05, 3.63) is 75.3 Å². The van der Waals surface area contributed by atoms with Gasteiger partial charge in [0.25, 0.3) is 5.69 Å². The molecule has 0 unspecified atom stereocenters. The second-order valence-electron chi connectivity index (χ2n) is 3.69. The Labute approximate surface area is 108 Å². The maximum Gasteiger partial charge on any atom is 0.280 e. The topological polar surface area (TPSA) is 84.0 Å². The Morgan fingerprint density at radius 2 is 2.00 bits per heavy atom. The van der Waals surface area contributed by atoms with Gasteiger partial charge in [-0.1, -0.05) is 12.1 Å². The fourth-order valence-corrected chi connectivity index (χ4v) is 1.69. The van der Waals surface area contributed by atoms with Crippen molar-refractivity contribution >= 4 is 11.5 Å². The van der Waals surface area contributed by atoms with E-state index in [4.69, 9.17) is 5.26 Å². The number of hydrogen-bond donors (Lipinski definition) is 0. The highest BCUT2D eigenvalue weighted by molar-refractivity contribution is 6.12. The van der Waals surface area contributed by atoms with Crippen LogP contribution in [-0.2, 0) is 0 Å². The predicted molar refractivity (Wildman–Crippen MR) is 66.5 cm³/mol. The largest absolute Gasteiger partial charge is 0.288 e. The standard InChI is InChI=1S/C14H7N2O3/c15-9-10-5-1-2-6-11(10)14(17)12-7-3-4-8-13(12)16(18)19/h1-2,4-8H. The van der Waals surface area contributed by atoms with Gasteiger partial charge in [-0.2, -0.15) is 5.26 Å². The van der Waals surface area contributed by atoms with E-state index in [-0.39, 0.29) is 22.4 Å². The van der Waals surface area contributed by atoms with Gasteiger partial charge < -0.3 is 0 Å². The fourth-order valence-electron chi connectivity index (χ4n) is 1.69. The van der Waals surface area contributed by atoms with Gasteiger partial charge in [0.1, 0.15) is 5.56 Å². The molecule has 2 aromatic carbocycles. The summed E-state index contributed by atoms with van der Waals surface area (Å²) < 4.78 is 0. The molecule has 0 amide bonds. The first-order chi connectivity index (χ1) is 9.15. The molecule has 0 aliphatic heterocycles. The van der Waals surface area contributed by atoms with Crippen molar-refractivity contribution in [2.24, 2.45) is 0 Å². The lowest BCUT2D eigenvalue weighted by atomic mass is 9.98. The molecule has 2 aromatic rings. The SMILES string of the molecule is N#Cc1ccccc1C(=O)c1c[c]ccc1[N+](=O)[O-]. The highest BCUT2D eigenvalue weighted by atomic mass is 16.6. The summed E-state index contributed by atoms with van der Waals surface area (Å²) in [5.74, 6) is -0.555. The number of carbonyl (C=O) groups excluding carboxylic acids is 1. The molecule has 5 nitrogen and oxygen atoms in total. The number of hydrogen-bond acceptors (Lipinski definition) is 4. The van der Waals surface area contributed by atoms with Crippen LogP contribution in [0.4, 0.5) is 5.69 Å². The molecule has 0 atom stereocenters. The van der Waals surface area contributed by atoms with Gasteiger partial charge in [-0.25, -0.2) is 0 Å². The minimum Gasteiger partial charge on any atom is -0.288 e. The Balaban J connectivity index is 2.58. The number of ketones is 1. The number of nitro groups is 1. The number of rotatable bonds is 3. The molecule has 0 spiro atoms. The zero-order chi connectivity index (χ0) is 13.8. The Bertz CT molecular complexity index is 702. The summed E-state index contributed by atoms with van der Waals surface area (Å²) in [6.45, 7) is 0. The van der Waals surface area contributed by atoms with Gasteiger partial charge in [-0.3, -0.25) is 14.9 Å². The van der Waals surface area contributed by atoms with Crippen LogP contribution >= 0.6 is 0 Å². The first-order valence-corrected chi connectivity index (χ1v) is 5.33. The van der Waals surface area contributed by atoms with Gasteiger partial charge in [0.15, 0.2) is 0 Å². The van der Waals surface area contributed by atoms with E-state index in [1.165, 1.54) is 30.3 Å². The molecular weight excluding hydrogens is 244 g/mol. The van der Waals surface area contributed by atoms with Gasteiger partial charge in [0.2, 0.25) is 5.78 Å². The first-order valence-electron chi connectivity index (χ1n) is 5.33. The molecule has 19 heavy (non-hydrogen) atoms. The smallest absolute Gasteiger partial charge is 0.280 e. The van der Waals surface area contributed by atoms with Crippen molar-refractivity contribution in [3.63, 3.8) is 0 Å². The maximum atomic E-state index is 12.3. The molecule has 0 saturated carbocycles. The lowest BCUT2D eigenvalue weighted by Crippen LogP contribution is -2.07. The minimum atomic E-state index is -0.629. The van der Waals surface area contributed by atoms with Crippen LogP contribution in [0.1, 0.15) is 21.5 Å². The van der Waals surface area contributed by atoms with E-state index in [2.05, 4.69) is 6.07 Å². The molecule has 0 saturated heterocycles. The predicted octanol–water partition coefficient (Wildman–Crippen LogP) is 2.50. The summed E-state index contributed by atoms with van der Waals surface area (Å²) in [5.41, 5.74) is -0.0370. The third-order valence-electron chi connectivity index (χ3n) is 2.57. The van der Waals surface area contributed by atoms with Crippen LogP contribution in [-0.4, -0.2) is 10.7 Å². The van der Waals surface area contributed by atoms with Crippen molar-refractivity contribution in [2.75, 3.05) is 0 Å². The third kappa shape index (κ3) is 2.33. The first kappa shape index (κ1) is 12.5. The summed E-state index contributed by atoms with van der Waals surface area (Å²) in [7, 11) is 0. The van der Waals surface area contributed by atoms with E-state index in [0.717, 1.165) is 0 Å². The fraction of sp³-hybridized carbons (Fsp3) is 0. The summed E-state index contributed by atoms with van der Waals surface area (Å²) in [6, 6.07) is 14.6. The summed E-state index contributed by atoms with van der Waals surface area (Å²) in [6.07, 6.45) is 0. The molecule has 0 N–H and O–H groups in total. The van der Waals surface area contributed by atoms with Crippen LogP contribution < -0.4 is 0 Å². The zero-order valence-electron chi connectivity index (χ0n) is 9.66. The van der Waals surface area contributed by atoms with Crippen LogP contribution in [0.5, 0.6) is 0 Å². The van der Waals surface area contributed by atoms with Crippen molar-refractivity contribution in [1.82, 2.24) is 0 Å². The quantitative estimate of drug-likeness (QED) is 0.476. The molecular formula is C14H7N2O3. The molecule has 5 heteroatoms. The Morgan fingerprint density at radius 3 is 2.68 bits per heavy atom.